The predicted molar refractivity (Wildman–Crippen MR) is 118 cm³/mol. The van der Waals surface area contributed by atoms with Crippen molar-refractivity contribution in [1.82, 2.24) is 0 Å². The highest BCUT2D eigenvalue weighted by atomic mass is 32.2. The van der Waals surface area contributed by atoms with Gasteiger partial charge in [0.2, 0.25) is 15.9 Å². The average molecular weight is 419 g/mol. The molecule has 2 aromatic carbocycles. The lowest BCUT2D eigenvalue weighted by Gasteiger charge is -2.30. The smallest absolute Gasteiger partial charge is 0.248 e. The van der Waals surface area contributed by atoms with Crippen molar-refractivity contribution < 1.29 is 17.9 Å². The topological polar surface area (TPSA) is 75.7 Å². The average Bonchev–Trinajstić information content (AvgIpc) is 2.62. The lowest BCUT2D eigenvalue weighted by Crippen LogP contribution is -2.45. The first-order valence-corrected chi connectivity index (χ1v) is 11.4. The van der Waals surface area contributed by atoms with Gasteiger partial charge in [0.25, 0.3) is 0 Å². The summed E-state index contributed by atoms with van der Waals surface area (Å²) in [7, 11) is -2.27. The second-order valence-corrected chi connectivity index (χ2v) is 9.45. The van der Waals surface area contributed by atoms with Gasteiger partial charge >= 0.3 is 0 Å². The monoisotopic (exact) mass is 418 g/mol. The van der Waals surface area contributed by atoms with Gasteiger partial charge in [-0.1, -0.05) is 38.1 Å². The molecule has 0 heterocycles. The van der Waals surface area contributed by atoms with E-state index in [0.717, 1.165) is 32.9 Å². The third-order valence-electron chi connectivity index (χ3n) is 4.84. The zero-order valence-electron chi connectivity index (χ0n) is 18.1. The number of para-hydroxylation sites is 1. The molecule has 1 amide bonds. The number of sulfonamides is 1. The first-order valence-electron chi connectivity index (χ1n) is 9.51. The Morgan fingerprint density at radius 3 is 2.31 bits per heavy atom. The largest absolute Gasteiger partial charge is 0.495 e. The number of ether oxygens (including phenoxy) is 1. The number of anilines is 2. The number of aryl methyl sites for hydroxylation is 2. The van der Waals surface area contributed by atoms with E-state index in [4.69, 9.17) is 4.74 Å². The Hall–Kier alpha value is -2.54. The fourth-order valence-electron chi connectivity index (χ4n) is 3.32. The van der Waals surface area contributed by atoms with E-state index in [1.165, 1.54) is 7.11 Å². The molecule has 0 aliphatic heterocycles. The summed E-state index contributed by atoms with van der Waals surface area (Å²) in [6, 6.07) is 10.1. The quantitative estimate of drug-likeness (QED) is 0.730. The Kier molecular flexibility index (Phi) is 6.95. The van der Waals surface area contributed by atoms with Crippen LogP contribution in [0.5, 0.6) is 5.75 Å². The molecule has 29 heavy (non-hydrogen) atoms. The van der Waals surface area contributed by atoms with Crippen molar-refractivity contribution in [3.05, 3.63) is 53.1 Å². The Morgan fingerprint density at radius 2 is 1.76 bits per heavy atom. The van der Waals surface area contributed by atoms with Gasteiger partial charge in [-0.05, 0) is 55.5 Å². The third kappa shape index (κ3) is 5.09. The molecule has 1 N–H and O–H groups in total. The van der Waals surface area contributed by atoms with Gasteiger partial charge in [-0.2, -0.15) is 0 Å². The first kappa shape index (κ1) is 22.7. The van der Waals surface area contributed by atoms with Crippen LogP contribution >= 0.6 is 0 Å². The summed E-state index contributed by atoms with van der Waals surface area (Å²) in [5.41, 5.74) is 3.86. The molecule has 0 fully saturated rings. The van der Waals surface area contributed by atoms with E-state index in [2.05, 4.69) is 5.32 Å². The standard InChI is InChI=1S/C22H30N2O4S/c1-14(2)18-10-8-9-16(4)21(18)23-22(25)17(5)24(29(7,26)27)19-13-15(3)11-12-20(19)28-6/h8-14,17H,1-7H3,(H,23,25)/t17-/m0/s1. The van der Waals surface area contributed by atoms with Crippen LogP contribution in [0.2, 0.25) is 0 Å². The van der Waals surface area contributed by atoms with Gasteiger partial charge in [0, 0.05) is 5.69 Å². The highest BCUT2D eigenvalue weighted by molar-refractivity contribution is 7.92. The maximum Gasteiger partial charge on any atom is 0.248 e. The van der Waals surface area contributed by atoms with Crippen molar-refractivity contribution in [1.29, 1.82) is 0 Å². The van der Waals surface area contributed by atoms with Crippen LogP contribution in [0.15, 0.2) is 36.4 Å². The van der Waals surface area contributed by atoms with Crippen molar-refractivity contribution in [3.8, 4) is 5.75 Å². The van der Waals surface area contributed by atoms with E-state index < -0.39 is 22.0 Å². The van der Waals surface area contributed by atoms with E-state index >= 15 is 0 Å². The number of benzene rings is 2. The minimum Gasteiger partial charge on any atom is -0.495 e. The summed E-state index contributed by atoms with van der Waals surface area (Å²) in [4.78, 5) is 13.1. The molecular formula is C22H30N2O4S. The number of hydrogen-bond acceptors (Lipinski definition) is 4. The third-order valence-corrected chi connectivity index (χ3v) is 6.06. The van der Waals surface area contributed by atoms with Gasteiger partial charge < -0.3 is 10.1 Å². The molecular weight excluding hydrogens is 388 g/mol. The first-order chi connectivity index (χ1) is 13.5. The molecule has 2 aromatic rings. The van der Waals surface area contributed by atoms with Crippen molar-refractivity contribution in [2.24, 2.45) is 0 Å². The number of rotatable bonds is 7. The highest BCUT2D eigenvalue weighted by Gasteiger charge is 2.32. The number of carbonyl (C=O) groups excluding carboxylic acids is 1. The molecule has 0 radical (unpaired) electrons. The van der Waals surface area contributed by atoms with Crippen LogP contribution in [0.1, 0.15) is 43.4 Å². The summed E-state index contributed by atoms with van der Waals surface area (Å²) in [6.07, 6.45) is 1.09. The lowest BCUT2D eigenvalue weighted by atomic mass is 9.98. The van der Waals surface area contributed by atoms with Gasteiger partial charge in [0.1, 0.15) is 11.8 Å². The van der Waals surface area contributed by atoms with Crippen molar-refractivity contribution in [2.45, 2.75) is 46.6 Å². The molecule has 158 valence electrons. The molecule has 2 rings (SSSR count). The maximum absolute atomic E-state index is 13.1. The molecule has 0 aliphatic rings. The van der Waals surface area contributed by atoms with Crippen LogP contribution in [0.4, 0.5) is 11.4 Å². The Bertz CT molecular complexity index is 1000. The molecule has 0 bridgehead atoms. The summed E-state index contributed by atoms with van der Waals surface area (Å²) in [5.74, 6) is 0.193. The van der Waals surface area contributed by atoms with Crippen LogP contribution in [-0.4, -0.2) is 33.7 Å². The molecule has 0 unspecified atom stereocenters. The van der Waals surface area contributed by atoms with Gasteiger partial charge in [-0.3, -0.25) is 9.10 Å². The van der Waals surface area contributed by atoms with Crippen LogP contribution in [0, 0.1) is 13.8 Å². The maximum atomic E-state index is 13.1. The van der Waals surface area contributed by atoms with E-state index in [1.54, 1.807) is 19.1 Å². The normalized spacial score (nSPS) is 12.6. The van der Waals surface area contributed by atoms with E-state index in [-0.39, 0.29) is 5.92 Å². The molecule has 0 spiro atoms. The molecule has 0 aliphatic carbocycles. The lowest BCUT2D eigenvalue weighted by molar-refractivity contribution is -0.116. The number of hydrogen-bond donors (Lipinski definition) is 1. The Labute approximate surface area is 173 Å². The van der Waals surface area contributed by atoms with Gasteiger partial charge in [-0.25, -0.2) is 8.42 Å². The number of nitrogens with one attached hydrogen (secondary N) is 1. The summed E-state index contributed by atoms with van der Waals surface area (Å²) in [6.45, 7) is 9.45. The predicted octanol–water partition coefficient (Wildman–Crippen LogP) is 4.23. The van der Waals surface area contributed by atoms with Gasteiger partial charge in [0.05, 0.1) is 19.1 Å². The zero-order chi connectivity index (χ0) is 21.9. The van der Waals surface area contributed by atoms with E-state index in [0.29, 0.717) is 11.4 Å². The number of nitrogens with zero attached hydrogens (tertiary/aromatic N) is 1. The van der Waals surface area contributed by atoms with Crippen molar-refractivity contribution in [2.75, 3.05) is 23.0 Å². The minimum absolute atomic E-state index is 0.211. The van der Waals surface area contributed by atoms with Crippen LogP contribution in [0.25, 0.3) is 0 Å². The molecule has 7 heteroatoms. The van der Waals surface area contributed by atoms with Crippen LogP contribution < -0.4 is 14.4 Å². The number of carbonyl (C=O) groups is 1. The fraction of sp³-hybridized carbons (Fsp3) is 0.409. The SMILES string of the molecule is COc1ccc(C)cc1N([C@@H](C)C(=O)Nc1c(C)cccc1C(C)C)S(C)(=O)=O. The number of amides is 1. The van der Waals surface area contributed by atoms with Crippen LogP contribution in [0.3, 0.4) is 0 Å². The van der Waals surface area contributed by atoms with E-state index in [1.807, 2.05) is 52.0 Å². The van der Waals surface area contributed by atoms with Gasteiger partial charge in [-0.15, -0.1) is 0 Å². The molecule has 0 saturated carbocycles. The second-order valence-electron chi connectivity index (χ2n) is 7.59. The second kappa shape index (κ2) is 8.86. The number of methoxy groups -OCH3 is 1. The molecule has 6 nitrogen and oxygen atoms in total. The van der Waals surface area contributed by atoms with E-state index in [9.17, 15) is 13.2 Å². The van der Waals surface area contributed by atoms with Crippen LogP contribution in [-0.2, 0) is 14.8 Å². The minimum atomic E-state index is -3.75. The highest BCUT2D eigenvalue weighted by Crippen LogP contribution is 2.33. The fourth-order valence-corrected chi connectivity index (χ4v) is 4.49. The summed E-state index contributed by atoms with van der Waals surface area (Å²) >= 11 is 0. The molecule has 0 aromatic heterocycles. The van der Waals surface area contributed by atoms with Crippen molar-refractivity contribution in [3.63, 3.8) is 0 Å². The summed E-state index contributed by atoms with van der Waals surface area (Å²) in [5, 5.41) is 2.95. The summed E-state index contributed by atoms with van der Waals surface area (Å²) < 4.78 is 31.8. The Balaban J connectivity index is 2.49. The van der Waals surface area contributed by atoms with Crippen molar-refractivity contribution >= 4 is 27.3 Å². The molecule has 0 saturated heterocycles. The molecule has 1 atom stereocenters. The zero-order valence-corrected chi connectivity index (χ0v) is 18.9. The van der Waals surface area contributed by atoms with Gasteiger partial charge in [0.15, 0.2) is 0 Å². The Morgan fingerprint density at radius 1 is 1.10 bits per heavy atom.